The molecular weight excluding hydrogens is 302 g/mol. The van der Waals surface area contributed by atoms with Gasteiger partial charge < -0.3 is 4.90 Å². The maximum atomic E-state index is 6.32. The van der Waals surface area contributed by atoms with E-state index in [2.05, 4.69) is 47.1 Å². The molecule has 0 bridgehead atoms. The summed E-state index contributed by atoms with van der Waals surface area (Å²) < 4.78 is 0. The second kappa shape index (κ2) is 4.97. The smallest absolute Gasteiger partial charge is 0.228 e. The lowest BCUT2D eigenvalue weighted by Gasteiger charge is -2.28. The summed E-state index contributed by atoms with van der Waals surface area (Å²) in [5, 5.41) is 1.51. The van der Waals surface area contributed by atoms with Crippen molar-refractivity contribution < 1.29 is 0 Å². The van der Waals surface area contributed by atoms with Crippen molar-refractivity contribution in [3.8, 4) is 0 Å². The Labute approximate surface area is 132 Å². The molecule has 0 N–H and O–H groups in total. The van der Waals surface area contributed by atoms with E-state index in [1.54, 1.807) is 11.3 Å². The minimum atomic E-state index is 0.554. The van der Waals surface area contributed by atoms with E-state index in [0.29, 0.717) is 5.15 Å². The van der Waals surface area contributed by atoms with E-state index in [1.807, 2.05) is 0 Å². The van der Waals surface area contributed by atoms with Gasteiger partial charge in [-0.05, 0) is 30.5 Å². The van der Waals surface area contributed by atoms with Crippen molar-refractivity contribution in [3.63, 3.8) is 0 Å². The standard InChI is InChI=1S/C16H14ClN3S/c1-10-8-13-14(17)18-16(19-15(13)21-10)20-7-6-11-4-2-3-5-12(11)9-20/h2-5,8H,6-7,9H2,1H3. The number of benzene rings is 1. The van der Waals surface area contributed by atoms with E-state index in [0.717, 1.165) is 35.7 Å². The van der Waals surface area contributed by atoms with Crippen molar-refractivity contribution in [1.82, 2.24) is 9.97 Å². The molecule has 106 valence electrons. The normalized spacial score (nSPS) is 14.5. The summed E-state index contributed by atoms with van der Waals surface area (Å²) in [6, 6.07) is 10.6. The van der Waals surface area contributed by atoms with Gasteiger partial charge in [0.15, 0.2) is 0 Å². The van der Waals surface area contributed by atoms with Gasteiger partial charge in [0, 0.05) is 23.4 Å². The summed E-state index contributed by atoms with van der Waals surface area (Å²) in [6.07, 6.45) is 1.03. The fraction of sp³-hybridized carbons (Fsp3) is 0.250. The van der Waals surface area contributed by atoms with E-state index in [4.69, 9.17) is 16.6 Å². The Kier molecular flexibility index (Phi) is 3.08. The Morgan fingerprint density at radius 2 is 2.00 bits per heavy atom. The second-order valence-corrected chi connectivity index (χ2v) is 6.92. The lowest BCUT2D eigenvalue weighted by Crippen LogP contribution is -2.31. The van der Waals surface area contributed by atoms with Gasteiger partial charge in [0.05, 0.1) is 0 Å². The van der Waals surface area contributed by atoms with Gasteiger partial charge in [-0.1, -0.05) is 35.9 Å². The summed E-state index contributed by atoms with van der Waals surface area (Å²) in [5.74, 6) is 0.740. The van der Waals surface area contributed by atoms with E-state index in [-0.39, 0.29) is 0 Å². The molecule has 0 unspecified atom stereocenters. The minimum absolute atomic E-state index is 0.554. The summed E-state index contributed by atoms with van der Waals surface area (Å²) in [6.45, 7) is 3.85. The zero-order chi connectivity index (χ0) is 14.4. The highest BCUT2D eigenvalue weighted by molar-refractivity contribution is 7.18. The number of anilines is 1. The number of thiophene rings is 1. The molecule has 1 aliphatic rings. The van der Waals surface area contributed by atoms with Crippen molar-refractivity contribution in [2.45, 2.75) is 19.9 Å². The van der Waals surface area contributed by atoms with E-state index >= 15 is 0 Å². The largest absolute Gasteiger partial charge is 0.336 e. The fourth-order valence-electron chi connectivity index (χ4n) is 2.80. The molecule has 0 amide bonds. The van der Waals surface area contributed by atoms with Crippen LogP contribution in [0.3, 0.4) is 0 Å². The predicted molar refractivity (Wildman–Crippen MR) is 88.4 cm³/mol. The summed E-state index contributed by atoms with van der Waals surface area (Å²) in [5.41, 5.74) is 2.78. The molecule has 0 saturated carbocycles. The number of nitrogens with zero attached hydrogens (tertiary/aromatic N) is 3. The van der Waals surface area contributed by atoms with Crippen molar-refractivity contribution in [2.75, 3.05) is 11.4 Å². The lowest BCUT2D eigenvalue weighted by molar-refractivity contribution is 0.710. The number of halogens is 1. The van der Waals surface area contributed by atoms with Crippen LogP contribution in [0.5, 0.6) is 0 Å². The first kappa shape index (κ1) is 13.0. The second-order valence-electron chi connectivity index (χ2n) is 5.33. The number of fused-ring (bicyclic) bond motifs is 2. The molecule has 4 rings (SSSR count). The zero-order valence-corrected chi connectivity index (χ0v) is 13.2. The van der Waals surface area contributed by atoms with Crippen LogP contribution in [0, 0.1) is 6.92 Å². The quantitative estimate of drug-likeness (QED) is 0.630. The monoisotopic (exact) mass is 315 g/mol. The van der Waals surface area contributed by atoms with Crippen molar-refractivity contribution in [2.24, 2.45) is 0 Å². The lowest BCUT2D eigenvalue weighted by atomic mass is 10.0. The molecule has 2 aromatic heterocycles. The van der Waals surface area contributed by atoms with E-state index in [1.165, 1.54) is 16.0 Å². The number of aryl methyl sites for hydroxylation is 1. The maximum absolute atomic E-state index is 6.32. The summed E-state index contributed by atoms with van der Waals surface area (Å²) in [4.78, 5) is 13.6. The molecule has 21 heavy (non-hydrogen) atoms. The van der Waals surface area contributed by atoms with Gasteiger partial charge in [-0.25, -0.2) is 9.97 Å². The number of hydrogen-bond acceptors (Lipinski definition) is 4. The molecule has 0 radical (unpaired) electrons. The summed E-state index contributed by atoms with van der Waals surface area (Å²) >= 11 is 7.99. The Balaban J connectivity index is 1.74. The van der Waals surface area contributed by atoms with Crippen molar-refractivity contribution in [1.29, 1.82) is 0 Å². The third kappa shape index (κ3) is 2.28. The van der Waals surface area contributed by atoms with Crippen LogP contribution in [0.1, 0.15) is 16.0 Å². The number of hydrogen-bond donors (Lipinski definition) is 0. The molecule has 1 aliphatic heterocycles. The van der Waals surface area contributed by atoms with Gasteiger partial charge in [-0.3, -0.25) is 0 Å². The molecule has 0 spiro atoms. The van der Waals surface area contributed by atoms with Crippen LogP contribution >= 0.6 is 22.9 Å². The SMILES string of the molecule is Cc1cc2c(Cl)nc(N3CCc4ccccc4C3)nc2s1. The first-order valence-electron chi connectivity index (χ1n) is 6.96. The van der Waals surface area contributed by atoms with Gasteiger partial charge in [-0.15, -0.1) is 11.3 Å². The zero-order valence-electron chi connectivity index (χ0n) is 11.6. The molecular formula is C16H14ClN3S. The van der Waals surface area contributed by atoms with E-state index in [9.17, 15) is 0 Å². The van der Waals surface area contributed by atoms with Crippen LogP contribution in [-0.2, 0) is 13.0 Å². The average Bonchev–Trinajstić information content (AvgIpc) is 2.88. The Bertz CT molecular complexity index is 828. The molecule has 5 heteroatoms. The third-order valence-corrected chi connectivity index (χ3v) is 5.10. The predicted octanol–water partition coefficient (Wildman–Crippen LogP) is 4.22. The molecule has 3 heterocycles. The molecule has 1 aromatic carbocycles. The Morgan fingerprint density at radius 3 is 2.86 bits per heavy atom. The van der Waals surface area contributed by atoms with Gasteiger partial charge in [0.2, 0.25) is 5.95 Å². The topological polar surface area (TPSA) is 29.0 Å². The van der Waals surface area contributed by atoms with Crippen LogP contribution in [0.2, 0.25) is 5.15 Å². The van der Waals surface area contributed by atoms with Crippen LogP contribution in [-0.4, -0.2) is 16.5 Å². The molecule has 0 fully saturated rings. The van der Waals surface area contributed by atoms with Gasteiger partial charge in [0.1, 0.15) is 9.98 Å². The first-order chi connectivity index (χ1) is 10.2. The molecule has 3 aromatic rings. The van der Waals surface area contributed by atoms with Crippen molar-refractivity contribution in [3.05, 3.63) is 51.5 Å². The number of rotatable bonds is 1. The Hall–Kier alpha value is -1.65. The Morgan fingerprint density at radius 1 is 1.19 bits per heavy atom. The van der Waals surface area contributed by atoms with Gasteiger partial charge >= 0.3 is 0 Å². The van der Waals surface area contributed by atoms with Crippen LogP contribution in [0.15, 0.2) is 30.3 Å². The minimum Gasteiger partial charge on any atom is -0.336 e. The van der Waals surface area contributed by atoms with E-state index < -0.39 is 0 Å². The third-order valence-electron chi connectivity index (χ3n) is 3.87. The van der Waals surface area contributed by atoms with Gasteiger partial charge in [-0.2, -0.15) is 0 Å². The summed E-state index contributed by atoms with van der Waals surface area (Å²) in [7, 11) is 0. The molecule has 0 atom stereocenters. The van der Waals surface area contributed by atoms with Crippen LogP contribution in [0.4, 0.5) is 5.95 Å². The maximum Gasteiger partial charge on any atom is 0.228 e. The molecule has 0 aliphatic carbocycles. The highest BCUT2D eigenvalue weighted by Gasteiger charge is 2.19. The van der Waals surface area contributed by atoms with Crippen LogP contribution < -0.4 is 4.90 Å². The number of aromatic nitrogens is 2. The van der Waals surface area contributed by atoms with Gasteiger partial charge in [0.25, 0.3) is 0 Å². The van der Waals surface area contributed by atoms with Crippen LogP contribution in [0.25, 0.3) is 10.2 Å². The molecule has 0 saturated heterocycles. The highest BCUT2D eigenvalue weighted by atomic mass is 35.5. The van der Waals surface area contributed by atoms with Crippen molar-refractivity contribution >= 4 is 39.1 Å². The highest BCUT2D eigenvalue weighted by Crippen LogP contribution is 2.31. The fourth-order valence-corrected chi connectivity index (χ4v) is 3.95. The first-order valence-corrected chi connectivity index (χ1v) is 8.15. The molecule has 3 nitrogen and oxygen atoms in total. The average molecular weight is 316 g/mol.